The van der Waals surface area contributed by atoms with Crippen molar-refractivity contribution in [1.82, 2.24) is 0 Å². The molecule has 0 spiro atoms. The van der Waals surface area contributed by atoms with Crippen LogP contribution in [0.5, 0.6) is 11.5 Å². The Morgan fingerprint density at radius 1 is 0.964 bits per heavy atom. The van der Waals surface area contributed by atoms with Gasteiger partial charge in [0.15, 0.2) is 0 Å². The van der Waals surface area contributed by atoms with Gasteiger partial charge in [0.1, 0.15) is 24.7 Å². The van der Waals surface area contributed by atoms with Gasteiger partial charge in [-0.3, -0.25) is 4.79 Å². The first-order valence-corrected chi connectivity index (χ1v) is 9.15. The highest BCUT2D eigenvalue weighted by Gasteiger charge is 2.08. The zero-order valence-corrected chi connectivity index (χ0v) is 16.0. The van der Waals surface area contributed by atoms with Crippen LogP contribution in [0.1, 0.15) is 15.9 Å². The molecule has 28 heavy (non-hydrogen) atoms. The molecule has 3 aromatic carbocycles. The van der Waals surface area contributed by atoms with Gasteiger partial charge in [-0.25, -0.2) is 0 Å². The third-order valence-corrected chi connectivity index (χ3v) is 4.30. The summed E-state index contributed by atoms with van der Waals surface area (Å²) in [5, 5.41) is 3.52. The van der Waals surface area contributed by atoms with E-state index in [1.54, 1.807) is 42.5 Å². The second kappa shape index (κ2) is 9.62. The number of benzene rings is 3. The van der Waals surface area contributed by atoms with Gasteiger partial charge in [-0.05, 0) is 42.5 Å². The summed E-state index contributed by atoms with van der Waals surface area (Å²) < 4.78 is 11.2. The Labute approximate surface area is 169 Å². The fraction of sp³-hybridized carbons (Fsp3) is 0.0870. The molecular formula is C23H20ClNO3. The van der Waals surface area contributed by atoms with Crippen LogP contribution in [0.4, 0.5) is 5.69 Å². The molecule has 0 radical (unpaired) electrons. The fourth-order valence-corrected chi connectivity index (χ4v) is 2.69. The van der Waals surface area contributed by atoms with Crippen LogP contribution in [0.3, 0.4) is 0 Å². The first kappa shape index (κ1) is 19.5. The third-order valence-electron chi connectivity index (χ3n) is 3.93. The van der Waals surface area contributed by atoms with Crippen molar-refractivity contribution >= 4 is 23.2 Å². The zero-order chi connectivity index (χ0) is 19.8. The summed E-state index contributed by atoms with van der Waals surface area (Å²) in [7, 11) is 0. The summed E-state index contributed by atoms with van der Waals surface area (Å²) in [6, 6.07) is 21.7. The molecule has 142 valence electrons. The summed E-state index contributed by atoms with van der Waals surface area (Å²) in [5.41, 5.74) is 2.10. The number of carbonyl (C=O) groups is 1. The molecular weight excluding hydrogens is 374 g/mol. The molecule has 0 saturated heterocycles. The molecule has 1 N–H and O–H groups in total. The van der Waals surface area contributed by atoms with Crippen molar-refractivity contribution in [2.75, 3.05) is 11.9 Å². The van der Waals surface area contributed by atoms with E-state index in [0.717, 1.165) is 5.56 Å². The average Bonchev–Trinajstić information content (AvgIpc) is 2.72. The Hall–Kier alpha value is -3.24. The number of halogens is 1. The van der Waals surface area contributed by atoms with Crippen molar-refractivity contribution < 1.29 is 14.3 Å². The van der Waals surface area contributed by atoms with E-state index in [9.17, 15) is 4.79 Å². The quantitative estimate of drug-likeness (QED) is 0.496. The van der Waals surface area contributed by atoms with E-state index in [4.69, 9.17) is 21.1 Å². The molecule has 0 saturated carbocycles. The van der Waals surface area contributed by atoms with E-state index in [2.05, 4.69) is 11.9 Å². The van der Waals surface area contributed by atoms with Gasteiger partial charge in [0, 0.05) is 27.9 Å². The maximum Gasteiger partial charge on any atom is 0.255 e. The minimum atomic E-state index is -0.210. The topological polar surface area (TPSA) is 47.6 Å². The lowest BCUT2D eigenvalue weighted by molar-refractivity contribution is 0.102. The van der Waals surface area contributed by atoms with Gasteiger partial charge in [-0.15, -0.1) is 0 Å². The number of hydrogen-bond acceptors (Lipinski definition) is 3. The number of ether oxygens (including phenoxy) is 2. The lowest BCUT2D eigenvalue weighted by Gasteiger charge is -2.10. The highest BCUT2D eigenvalue weighted by Crippen LogP contribution is 2.21. The van der Waals surface area contributed by atoms with Crippen LogP contribution in [0.15, 0.2) is 85.5 Å². The van der Waals surface area contributed by atoms with E-state index in [-0.39, 0.29) is 5.91 Å². The van der Waals surface area contributed by atoms with Crippen LogP contribution < -0.4 is 14.8 Å². The van der Waals surface area contributed by atoms with Crippen molar-refractivity contribution in [3.8, 4) is 11.5 Å². The Kier molecular flexibility index (Phi) is 6.71. The van der Waals surface area contributed by atoms with Crippen LogP contribution >= 0.6 is 11.6 Å². The molecule has 0 aliphatic rings. The van der Waals surface area contributed by atoms with Crippen LogP contribution in [0.25, 0.3) is 0 Å². The number of anilines is 1. The molecule has 0 aromatic heterocycles. The van der Waals surface area contributed by atoms with Gasteiger partial charge in [-0.1, -0.05) is 48.5 Å². The first-order chi connectivity index (χ1) is 13.7. The van der Waals surface area contributed by atoms with Crippen molar-refractivity contribution in [3.05, 3.63) is 102 Å². The lowest BCUT2D eigenvalue weighted by Crippen LogP contribution is -2.11. The second-order valence-electron chi connectivity index (χ2n) is 5.99. The number of amides is 1. The van der Waals surface area contributed by atoms with Gasteiger partial charge < -0.3 is 14.8 Å². The Balaban J connectivity index is 1.59. The molecule has 3 rings (SSSR count). The number of hydrogen-bond donors (Lipinski definition) is 1. The SMILES string of the molecule is C=CCOc1cccc(NC(=O)c2ccc(OCc3ccccc3Cl)cc2)c1. The molecule has 1 amide bonds. The smallest absolute Gasteiger partial charge is 0.255 e. The number of carbonyl (C=O) groups excluding carboxylic acids is 1. The Morgan fingerprint density at radius 2 is 1.75 bits per heavy atom. The number of nitrogens with one attached hydrogen (secondary N) is 1. The van der Waals surface area contributed by atoms with Crippen LogP contribution in [-0.4, -0.2) is 12.5 Å². The summed E-state index contributed by atoms with van der Waals surface area (Å²) in [4.78, 5) is 12.4. The highest BCUT2D eigenvalue weighted by atomic mass is 35.5. The van der Waals surface area contributed by atoms with Gasteiger partial charge in [-0.2, -0.15) is 0 Å². The highest BCUT2D eigenvalue weighted by molar-refractivity contribution is 6.31. The van der Waals surface area contributed by atoms with Crippen LogP contribution in [0.2, 0.25) is 5.02 Å². The van der Waals surface area contributed by atoms with Crippen LogP contribution in [0, 0.1) is 0 Å². The summed E-state index contributed by atoms with van der Waals surface area (Å²) in [5.74, 6) is 1.12. The molecule has 0 aliphatic carbocycles. The van der Waals surface area contributed by atoms with Crippen molar-refractivity contribution in [3.63, 3.8) is 0 Å². The molecule has 4 nitrogen and oxygen atoms in total. The Bertz CT molecular complexity index is 954. The van der Waals surface area contributed by atoms with E-state index >= 15 is 0 Å². The third kappa shape index (κ3) is 5.38. The van der Waals surface area contributed by atoms with Gasteiger partial charge >= 0.3 is 0 Å². The lowest BCUT2D eigenvalue weighted by atomic mass is 10.2. The van der Waals surface area contributed by atoms with Crippen LogP contribution in [-0.2, 0) is 6.61 Å². The predicted molar refractivity (Wildman–Crippen MR) is 112 cm³/mol. The molecule has 0 heterocycles. The molecule has 0 atom stereocenters. The molecule has 5 heteroatoms. The van der Waals surface area contributed by atoms with Gasteiger partial charge in [0.05, 0.1) is 0 Å². The average molecular weight is 394 g/mol. The first-order valence-electron chi connectivity index (χ1n) is 8.77. The normalized spacial score (nSPS) is 10.2. The maximum atomic E-state index is 12.4. The fourth-order valence-electron chi connectivity index (χ4n) is 2.50. The minimum Gasteiger partial charge on any atom is -0.489 e. The summed E-state index contributed by atoms with van der Waals surface area (Å²) in [6.45, 7) is 4.39. The largest absolute Gasteiger partial charge is 0.489 e. The van der Waals surface area contributed by atoms with E-state index < -0.39 is 0 Å². The molecule has 0 bridgehead atoms. The van der Waals surface area contributed by atoms with Crippen molar-refractivity contribution in [1.29, 1.82) is 0 Å². The van der Waals surface area contributed by atoms with Gasteiger partial charge in [0.2, 0.25) is 0 Å². The summed E-state index contributed by atoms with van der Waals surface area (Å²) >= 11 is 6.13. The number of rotatable bonds is 8. The maximum absolute atomic E-state index is 12.4. The van der Waals surface area contributed by atoms with Crippen molar-refractivity contribution in [2.45, 2.75) is 6.61 Å². The van der Waals surface area contributed by atoms with E-state index in [0.29, 0.717) is 41.0 Å². The zero-order valence-electron chi connectivity index (χ0n) is 15.2. The predicted octanol–water partition coefficient (Wildman–Crippen LogP) is 5.74. The standard InChI is InChI=1S/C23H20ClNO3/c1-2-14-27-21-8-5-7-19(15-21)25-23(26)17-10-12-20(13-11-17)28-16-18-6-3-4-9-22(18)24/h2-13,15H,1,14,16H2,(H,25,26). The minimum absolute atomic E-state index is 0.210. The summed E-state index contributed by atoms with van der Waals surface area (Å²) in [6.07, 6.45) is 1.67. The second-order valence-corrected chi connectivity index (χ2v) is 6.39. The van der Waals surface area contributed by atoms with E-state index in [1.165, 1.54) is 0 Å². The van der Waals surface area contributed by atoms with E-state index in [1.807, 2.05) is 36.4 Å². The monoisotopic (exact) mass is 393 g/mol. The van der Waals surface area contributed by atoms with Gasteiger partial charge in [0.25, 0.3) is 5.91 Å². The molecule has 3 aromatic rings. The van der Waals surface area contributed by atoms with Crippen molar-refractivity contribution in [2.24, 2.45) is 0 Å². The molecule has 0 aliphatic heterocycles. The Morgan fingerprint density at radius 3 is 2.50 bits per heavy atom. The molecule has 0 unspecified atom stereocenters. The molecule has 0 fully saturated rings.